The fraction of sp³-hybridized carbons (Fsp3) is 0.533. The third kappa shape index (κ3) is 4.51. The molecule has 0 spiro atoms. The van der Waals surface area contributed by atoms with Crippen LogP contribution in [-0.4, -0.2) is 37.5 Å². The molecule has 1 fully saturated rings. The molecule has 1 aliphatic carbocycles. The molecule has 0 atom stereocenters. The van der Waals surface area contributed by atoms with Gasteiger partial charge in [-0.1, -0.05) is 25.0 Å². The summed E-state index contributed by atoms with van der Waals surface area (Å²) < 4.78 is 38.6. The van der Waals surface area contributed by atoms with E-state index < -0.39 is 21.7 Å². The second-order valence-corrected chi connectivity index (χ2v) is 7.53. The highest BCUT2D eigenvalue weighted by molar-refractivity contribution is 7.88. The Balaban J connectivity index is 1.94. The van der Waals surface area contributed by atoms with Crippen LogP contribution in [-0.2, 0) is 14.8 Å². The molecule has 7 heteroatoms. The Morgan fingerprint density at radius 1 is 1.32 bits per heavy atom. The van der Waals surface area contributed by atoms with Gasteiger partial charge in [0, 0.05) is 19.0 Å². The van der Waals surface area contributed by atoms with Crippen molar-refractivity contribution in [2.24, 2.45) is 0 Å². The smallest absolute Gasteiger partial charge is 0.225 e. The molecular weight excluding hydrogens is 307 g/mol. The lowest BCUT2D eigenvalue weighted by atomic mass is 10.2. The number of para-hydroxylation sites is 1. The van der Waals surface area contributed by atoms with E-state index in [4.69, 9.17) is 0 Å². The Morgan fingerprint density at radius 3 is 2.55 bits per heavy atom. The summed E-state index contributed by atoms with van der Waals surface area (Å²) in [4.78, 5) is 11.9. The average molecular weight is 328 g/mol. The van der Waals surface area contributed by atoms with Crippen molar-refractivity contribution in [2.45, 2.75) is 38.1 Å². The SMILES string of the molecule is CS(=O)(=O)N(CCC(=O)Nc1ccccc1F)C1CCCC1. The number of rotatable bonds is 6. The average Bonchev–Trinajstić information content (AvgIpc) is 2.94. The van der Waals surface area contributed by atoms with Crippen LogP contribution < -0.4 is 5.32 Å². The van der Waals surface area contributed by atoms with Crippen molar-refractivity contribution < 1.29 is 17.6 Å². The number of carbonyl (C=O) groups excluding carboxylic acids is 1. The van der Waals surface area contributed by atoms with Crippen LogP contribution in [0.25, 0.3) is 0 Å². The van der Waals surface area contributed by atoms with Gasteiger partial charge in [-0.2, -0.15) is 4.31 Å². The van der Waals surface area contributed by atoms with E-state index in [0.29, 0.717) is 0 Å². The molecule has 0 aliphatic heterocycles. The molecule has 0 aromatic heterocycles. The van der Waals surface area contributed by atoms with Crippen LogP contribution in [0.5, 0.6) is 0 Å². The van der Waals surface area contributed by atoms with Gasteiger partial charge >= 0.3 is 0 Å². The lowest BCUT2D eigenvalue weighted by Gasteiger charge is -2.26. The summed E-state index contributed by atoms with van der Waals surface area (Å²) in [5.74, 6) is -0.900. The largest absolute Gasteiger partial charge is 0.324 e. The predicted molar refractivity (Wildman–Crippen MR) is 83.5 cm³/mol. The molecule has 0 saturated heterocycles. The maximum Gasteiger partial charge on any atom is 0.225 e. The fourth-order valence-corrected chi connectivity index (χ4v) is 3.97. The standard InChI is InChI=1S/C15H21FN2O3S/c1-22(20,21)18(12-6-2-3-7-12)11-10-15(19)17-14-9-5-4-8-13(14)16/h4-5,8-9,12H,2-3,6-7,10-11H2,1H3,(H,17,19). The van der Waals surface area contributed by atoms with Crippen molar-refractivity contribution >= 4 is 21.6 Å². The highest BCUT2D eigenvalue weighted by atomic mass is 32.2. The summed E-state index contributed by atoms with van der Waals surface area (Å²) in [5.41, 5.74) is 0.110. The molecule has 22 heavy (non-hydrogen) atoms. The summed E-state index contributed by atoms with van der Waals surface area (Å²) in [6.07, 6.45) is 4.87. The third-order valence-electron chi connectivity index (χ3n) is 3.87. The van der Waals surface area contributed by atoms with Gasteiger partial charge in [0.15, 0.2) is 0 Å². The number of amides is 1. The minimum Gasteiger partial charge on any atom is -0.324 e. The number of carbonyl (C=O) groups is 1. The normalized spacial score (nSPS) is 16.1. The first kappa shape index (κ1) is 16.9. The molecule has 1 aromatic rings. The first-order chi connectivity index (χ1) is 10.4. The second-order valence-electron chi connectivity index (χ2n) is 5.59. The molecule has 1 amide bonds. The summed E-state index contributed by atoms with van der Waals surface area (Å²) in [7, 11) is -3.35. The van der Waals surface area contributed by atoms with Crippen molar-refractivity contribution in [3.05, 3.63) is 30.1 Å². The van der Waals surface area contributed by atoms with Gasteiger partial charge in [0.05, 0.1) is 11.9 Å². The highest BCUT2D eigenvalue weighted by Crippen LogP contribution is 2.25. The lowest BCUT2D eigenvalue weighted by Crippen LogP contribution is -2.39. The Hall–Kier alpha value is -1.47. The van der Waals surface area contributed by atoms with Crippen LogP contribution in [0.4, 0.5) is 10.1 Å². The van der Waals surface area contributed by atoms with Crippen LogP contribution in [0.1, 0.15) is 32.1 Å². The van der Waals surface area contributed by atoms with Gasteiger partial charge in [0.25, 0.3) is 0 Å². The van der Waals surface area contributed by atoms with E-state index in [2.05, 4.69) is 5.32 Å². The monoisotopic (exact) mass is 328 g/mol. The number of nitrogens with zero attached hydrogens (tertiary/aromatic N) is 1. The van der Waals surface area contributed by atoms with Crippen LogP contribution in [0.2, 0.25) is 0 Å². The van der Waals surface area contributed by atoms with E-state index in [-0.39, 0.29) is 24.7 Å². The Morgan fingerprint density at radius 2 is 1.95 bits per heavy atom. The van der Waals surface area contributed by atoms with Crippen molar-refractivity contribution in [1.82, 2.24) is 4.31 Å². The molecule has 5 nitrogen and oxygen atoms in total. The van der Waals surface area contributed by atoms with Gasteiger partial charge in [-0.15, -0.1) is 0 Å². The Labute approximate surface area is 130 Å². The lowest BCUT2D eigenvalue weighted by molar-refractivity contribution is -0.116. The molecule has 0 bridgehead atoms. The number of hydrogen-bond donors (Lipinski definition) is 1. The predicted octanol–water partition coefficient (Wildman–Crippen LogP) is 2.36. The Bertz CT molecular complexity index is 627. The maximum absolute atomic E-state index is 13.5. The molecule has 0 heterocycles. The van der Waals surface area contributed by atoms with E-state index >= 15 is 0 Å². The van der Waals surface area contributed by atoms with Crippen LogP contribution in [0, 0.1) is 5.82 Å². The molecule has 0 unspecified atom stereocenters. The minimum atomic E-state index is -3.35. The minimum absolute atomic E-state index is 0.0118. The molecule has 1 saturated carbocycles. The molecule has 122 valence electrons. The molecule has 1 aromatic carbocycles. The zero-order chi connectivity index (χ0) is 16.2. The number of hydrogen-bond acceptors (Lipinski definition) is 3. The van der Waals surface area contributed by atoms with Crippen LogP contribution in [0.15, 0.2) is 24.3 Å². The van der Waals surface area contributed by atoms with Crippen LogP contribution in [0.3, 0.4) is 0 Å². The maximum atomic E-state index is 13.5. The third-order valence-corrected chi connectivity index (χ3v) is 5.20. The van der Waals surface area contributed by atoms with Gasteiger partial charge in [0.1, 0.15) is 5.82 Å². The zero-order valence-electron chi connectivity index (χ0n) is 12.6. The molecule has 1 N–H and O–H groups in total. The van der Waals surface area contributed by atoms with E-state index in [1.807, 2.05) is 0 Å². The summed E-state index contributed by atoms with van der Waals surface area (Å²) in [6, 6.07) is 5.88. The Kier molecular flexibility index (Phi) is 5.52. The number of sulfonamides is 1. The number of benzene rings is 1. The van der Waals surface area contributed by atoms with Gasteiger partial charge in [-0.3, -0.25) is 4.79 Å². The van der Waals surface area contributed by atoms with E-state index in [9.17, 15) is 17.6 Å². The molecule has 1 aliphatic rings. The molecule has 2 rings (SSSR count). The second kappa shape index (κ2) is 7.19. The first-order valence-electron chi connectivity index (χ1n) is 7.39. The number of nitrogens with one attached hydrogen (secondary N) is 1. The molecule has 0 radical (unpaired) electrons. The van der Waals surface area contributed by atoms with Gasteiger partial charge in [-0.25, -0.2) is 12.8 Å². The summed E-state index contributed by atoms with van der Waals surface area (Å²) >= 11 is 0. The van der Waals surface area contributed by atoms with Crippen molar-refractivity contribution in [3.63, 3.8) is 0 Å². The van der Waals surface area contributed by atoms with Gasteiger partial charge in [0.2, 0.25) is 15.9 Å². The van der Waals surface area contributed by atoms with Gasteiger partial charge in [-0.05, 0) is 25.0 Å². The van der Waals surface area contributed by atoms with Crippen molar-refractivity contribution in [3.8, 4) is 0 Å². The van der Waals surface area contributed by atoms with Crippen molar-refractivity contribution in [2.75, 3.05) is 18.1 Å². The molecular formula is C15H21FN2O3S. The summed E-state index contributed by atoms with van der Waals surface area (Å²) in [5, 5.41) is 2.47. The number of anilines is 1. The first-order valence-corrected chi connectivity index (χ1v) is 9.24. The fourth-order valence-electron chi connectivity index (χ4n) is 2.80. The van der Waals surface area contributed by atoms with Crippen molar-refractivity contribution in [1.29, 1.82) is 0 Å². The summed E-state index contributed by atoms with van der Waals surface area (Å²) in [6.45, 7) is 0.129. The van der Waals surface area contributed by atoms with Crippen LogP contribution >= 0.6 is 0 Å². The highest BCUT2D eigenvalue weighted by Gasteiger charge is 2.29. The zero-order valence-corrected chi connectivity index (χ0v) is 13.4. The number of halogens is 1. The topological polar surface area (TPSA) is 66.5 Å². The van der Waals surface area contributed by atoms with E-state index in [1.165, 1.54) is 28.8 Å². The quantitative estimate of drug-likeness (QED) is 0.872. The van der Waals surface area contributed by atoms with E-state index in [0.717, 1.165) is 25.7 Å². The van der Waals surface area contributed by atoms with Gasteiger partial charge < -0.3 is 5.32 Å². The van der Waals surface area contributed by atoms with E-state index in [1.54, 1.807) is 6.07 Å².